The van der Waals surface area contributed by atoms with Gasteiger partial charge in [0.05, 0.1) is 23.2 Å². The Balaban J connectivity index is 1.65. The van der Waals surface area contributed by atoms with Crippen molar-refractivity contribution in [2.75, 3.05) is 7.11 Å². The quantitative estimate of drug-likeness (QED) is 0.602. The minimum absolute atomic E-state index is 0.146. The maximum atomic E-state index is 13.3. The number of ether oxygens (including phenoxy) is 1. The van der Waals surface area contributed by atoms with Crippen LogP contribution in [0.3, 0.4) is 0 Å². The van der Waals surface area contributed by atoms with Crippen LogP contribution in [0, 0.1) is 0 Å². The smallest absolute Gasteiger partial charge is 0.316 e. The number of methoxy groups -OCH3 is 1. The van der Waals surface area contributed by atoms with E-state index in [0.29, 0.717) is 34.3 Å². The number of allylic oxidation sites excluding steroid dienone is 1. The summed E-state index contributed by atoms with van der Waals surface area (Å²) < 4.78 is 6.49. The van der Waals surface area contributed by atoms with Gasteiger partial charge in [0.25, 0.3) is 5.56 Å². The molecule has 2 heterocycles. The third-order valence-corrected chi connectivity index (χ3v) is 5.99. The largest absolute Gasteiger partial charge is 0.468 e. The molecule has 0 amide bonds. The first-order chi connectivity index (χ1) is 14.5. The van der Waals surface area contributed by atoms with E-state index in [2.05, 4.69) is 4.98 Å². The number of hydrogen-bond donors (Lipinski definition) is 0. The van der Waals surface area contributed by atoms with Crippen LogP contribution in [-0.2, 0) is 21.4 Å². The van der Waals surface area contributed by atoms with Crippen molar-refractivity contribution >= 4 is 23.6 Å². The van der Waals surface area contributed by atoms with Crippen molar-refractivity contribution in [2.45, 2.75) is 24.7 Å². The molecule has 7 heteroatoms. The number of rotatable bonds is 4. The molecule has 150 valence electrons. The molecule has 0 saturated heterocycles. The number of aromatic nitrogens is 3. The Kier molecular flexibility index (Phi) is 4.33. The van der Waals surface area contributed by atoms with Gasteiger partial charge in [-0.3, -0.25) is 9.59 Å². The molecule has 6 nitrogen and oxygen atoms in total. The zero-order valence-corrected chi connectivity index (χ0v) is 17.0. The molecule has 1 aromatic carbocycles. The van der Waals surface area contributed by atoms with Gasteiger partial charge in [0.1, 0.15) is 11.6 Å². The summed E-state index contributed by atoms with van der Waals surface area (Å²) in [6.45, 7) is 0. The van der Waals surface area contributed by atoms with Crippen LogP contribution < -0.4 is 5.56 Å². The SMILES string of the molecule is COC(=O)C1(c2ccc(-c3nc4c(c(=O)n3-c3ccc(Cl)cn3)CC=C4)cc2)CC1. The molecular formula is C23H18ClN3O3. The van der Waals surface area contributed by atoms with Crippen LogP contribution in [0.15, 0.2) is 53.5 Å². The Labute approximate surface area is 177 Å². The molecule has 0 bridgehead atoms. The molecule has 0 atom stereocenters. The van der Waals surface area contributed by atoms with Gasteiger partial charge in [0.15, 0.2) is 0 Å². The molecule has 0 spiro atoms. The van der Waals surface area contributed by atoms with Gasteiger partial charge in [-0.15, -0.1) is 0 Å². The van der Waals surface area contributed by atoms with Crippen LogP contribution in [0.5, 0.6) is 0 Å². The van der Waals surface area contributed by atoms with E-state index >= 15 is 0 Å². The second kappa shape index (κ2) is 6.92. The second-order valence-corrected chi connectivity index (χ2v) is 7.97. The van der Waals surface area contributed by atoms with E-state index in [9.17, 15) is 9.59 Å². The third-order valence-electron chi connectivity index (χ3n) is 5.77. The normalized spacial score (nSPS) is 15.7. The van der Waals surface area contributed by atoms with Crippen LogP contribution in [0.2, 0.25) is 5.02 Å². The van der Waals surface area contributed by atoms with Gasteiger partial charge in [-0.05, 0) is 43.0 Å². The fourth-order valence-electron chi connectivity index (χ4n) is 3.97. The maximum absolute atomic E-state index is 13.3. The molecule has 0 aliphatic heterocycles. The molecule has 3 aromatic rings. The minimum atomic E-state index is -0.543. The molecule has 0 radical (unpaired) electrons. The molecule has 1 saturated carbocycles. The summed E-state index contributed by atoms with van der Waals surface area (Å²) in [5.41, 5.74) is 2.31. The summed E-state index contributed by atoms with van der Waals surface area (Å²) >= 11 is 5.98. The number of halogens is 1. The Morgan fingerprint density at radius 1 is 1.17 bits per heavy atom. The number of carbonyl (C=O) groups is 1. The number of carbonyl (C=O) groups excluding carboxylic acids is 1. The van der Waals surface area contributed by atoms with Gasteiger partial charge in [0, 0.05) is 17.3 Å². The van der Waals surface area contributed by atoms with Crippen LogP contribution in [0.1, 0.15) is 29.7 Å². The van der Waals surface area contributed by atoms with Gasteiger partial charge in [-0.1, -0.05) is 41.9 Å². The zero-order chi connectivity index (χ0) is 20.9. The van der Waals surface area contributed by atoms with Crippen molar-refractivity contribution in [3.63, 3.8) is 0 Å². The lowest BCUT2D eigenvalue weighted by Gasteiger charge is -2.16. The van der Waals surface area contributed by atoms with Gasteiger partial charge in [0.2, 0.25) is 0 Å². The van der Waals surface area contributed by atoms with Crippen molar-refractivity contribution in [1.82, 2.24) is 14.5 Å². The molecule has 0 unspecified atom stereocenters. The number of nitrogens with zero attached hydrogens (tertiary/aromatic N) is 3. The van der Waals surface area contributed by atoms with Crippen molar-refractivity contribution in [3.8, 4) is 17.2 Å². The molecule has 5 rings (SSSR count). The van der Waals surface area contributed by atoms with Crippen LogP contribution >= 0.6 is 11.6 Å². The highest BCUT2D eigenvalue weighted by Gasteiger charge is 2.52. The van der Waals surface area contributed by atoms with E-state index in [1.54, 1.807) is 12.1 Å². The van der Waals surface area contributed by atoms with Gasteiger partial charge in [-0.25, -0.2) is 14.5 Å². The Morgan fingerprint density at radius 2 is 1.93 bits per heavy atom. The Morgan fingerprint density at radius 3 is 2.57 bits per heavy atom. The van der Waals surface area contributed by atoms with Crippen molar-refractivity contribution in [1.29, 1.82) is 0 Å². The third kappa shape index (κ3) is 2.87. The fraction of sp³-hybridized carbons (Fsp3) is 0.217. The average Bonchev–Trinajstić information content (AvgIpc) is 3.45. The average molecular weight is 420 g/mol. The van der Waals surface area contributed by atoms with E-state index in [4.69, 9.17) is 21.3 Å². The van der Waals surface area contributed by atoms with Crippen molar-refractivity contribution < 1.29 is 9.53 Å². The number of pyridine rings is 1. The summed E-state index contributed by atoms with van der Waals surface area (Å²) in [5, 5.41) is 0.492. The highest BCUT2D eigenvalue weighted by Crippen LogP contribution is 2.49. The second-order valence-electron chi connectivity index (χ2n) is 7.53. The topological polar surface area (TPSA) is 74.1 Å². The summed E-state index contributed by atoms with van der Waals surface area (Å²) in [5.74, 6) is 0.742. The standard InChI is InChI=1S/C23H18ClN3O3/c1-30-22(29)23(11-12-23)15-7-5-14(6-8-15)20-26-18-4-2-3-17(18)21(28)27(20)19-10-9-16(24)13-25-19/h2,4-10,13H,3,11-12H2,1H3. The van der Waals surface area contributed by atoms with E-state index in [0.717, 1.165) is 24.0 Å². The van der Waals surface area contributed by atoms with E-state index < -0.39 is 5.41 Å². The van der Waals surface area contributed by atoms with Crippen molar-refractivity contribution in [3.05, 3.63) is 80.9 Å². The predicted octanol–water partition coefficient (Wildman–Crippen LogP) is 3.72. The number of benzene rings is 1. The lowest BCUT2D eigenvalue weighted by Crippen LogP contribution is -2.26. The molecule has 2 aliphatic carbocycles. The van der Waals surface area contributed by atoms with Gasteiger partial charge < -0.3 is 4.74 Å². The number of esters is 1. The van der Waals surface area contributed by atoms with Gasteiger partial charge >= 0.3 is 5.97 Å². The Bertz CT molecular complexity index is 1240. The van der Waals surface area contributed by atoms with Gasteiger partial charge in [-0.2, -0.15) is 0 Å². The summed E-state index contributed by atoms with van der Waals surface area (Å²) in [6, 6.07) is 11.0. The molecule has 0 N–H and O–H groups in total. The molecule has 2 aliphatic rings. The predicted molar refractivity (Wildman–Crippen MR) is 114 cm³/mol. The fourth-order valence-corrected chi connectivity index (χ4v) is 4.08. The van der Waals surface area contributed by atoms with Crippen molar-refractivity contribution in [2.24, 2.45) is 0 Å². The monoisotopic (exact) mass is 419 g/mol. The number of hydrogen-bond acceptors (Lipinski definition) is 5. The van der Waals surface area contributed by atoms with Crippen LogP contribution in [0.4, 0.5) is 0 Å². The highest BCUT2D eigenvalue weighted by atomic mass is 35.5. The molecular weight excluding hydrogens is 402 g/mol. The summed E-state index contributed by atoms with van der Waals surface area (Å²) in [4.78, 5) is 34.5. The van der Waals surface area contributed by atoms with Crippen LogP contribution in [-0.4, -0.2) is 27.6 Å². The number of fused-ring (bicyclic) bond motifs is 1. The molecule has 2 aromatic heterocycles. The first kappa shape index (κ1) is 18.8. The highest BCUT2D eigenvalue weighted by molar-refractivity contribution is 6.30. The summed E-state index contributed by atoms with van der Waals surface area (Å²) in [6.07, 6.45) is 7.41. The minimum Gasteiger partial charge on any atom is -0.468 e. The first-order valence-electron chi connectivity index (χ1n) is 9.67. The van der Waals surface area contributed by atoms with E-state index in [1.165, 1.54) is 17.9 Å². The van der Waals surface area contributed by atoms with E-state index in [1.807, 2.05) is 36.4 Å². The first-order valence-corrected chi connectivity index (χ1v) is 10.0. The van der Waals surface area contributed by atoms with E-state index in [-0.39, 0.29) is 11.5 Å². The van der Waals surface area contributed by atoms with Crippen LogP contribution in [0.25, 0.3) is 23.3 Å². The maximum Gasteiger partial charge on any atom is 0.316 e. The zero-order valence-electron chi connectivity index (χ0n) is 16.3. The Hall–Kier alpha value is -3.25. The lowest BCUT2D eigenvalue weighted by molar-refractivity contribution is -0.143. The summed E-state index contributed by atoms with van der Waals surface area (Å²) in [7, 11) is 1.41. The molecule has 1 fully saturated rings. The lowest BCUT2D eigenvalue weighted by atomic mass is 9.95. The molecule has 30 heavy (non-hydrogen) atoms.